The Balaban J connectivity index is 3.12. The lowest BCUT2D eigenvalue weighted by Crippen LogP contribution is -2.21. The van der Waals surface area contributed by atoms with Crippen molar-refractivity contribution in [2.24, 2.45) is 5.73 Å². The first-order valence-corrected chi connectivity index (χ1v) is 2.13. The number of primary amides is 1. The van der Waals surface area contributed by atoms with Crippen LogP contribution >= 0.6 is 0 Å². The number of carbonyl (C=O) groups is 1. The van der Waals surface area contributed by atoms with Crippen molar-refractivity contribution in [3.63, 3.8) is 0 Å². The fraction of sp³-hybridized carbons (Fsp3) is 0. The molecule has 1 heterocycles. The first-order chi connectivity index (χ1) is 4.20. The van der Waals surface area contributed by atoms with E-state index in [1.54, 1.807) is 0 Å². The summed E-state index contributed by atoms with van der Waals surface area (Å²) in [4.78, 5) is 23.6. The molecule has 0 atom stereocenters. The first kappa shape index (κ1) is 5.54. The summed E-state index contributed by atoms with van der Waals surface area (Å²) in [6.07, 6.45) is 1.02. The van der Waals surface area contributed by atoms with Crippen LogP contribution in [0.15, 0.2) is 11.1 Å². The highest BCUT2D eigenvalue weighted by Crippen LogP contribution is 1.68. The van der Waals surface area contributed by atoms with Crippen LogP contribution in [0.1, 0.15) is 0 Å². The predicted molar refractivity (Wildman–Crippen MR) is 27.8 cm³/mol. The van der Waals surface area contributed by atoms with Gasteiger partial charge in [-0.1, -0.05) is 0 Å². The number of hydrogen-bond donors (Lipinski definition) is 2. The van der Waals surface area contributed by atoms with Crippen LogP contribution in [-0.4, -0.2) is 20.8 Å². The van der Waals surface area contributed by atoms with Gasteiger partial charge in [0.15, 0.2) is 0 Å². The largest absolute Gasteiger partial charge is 0.361 e. The highest BCUT2D eigenvalue weighted by Gasteiger charge is 1.95. The van der Waals surface area contributed by atoms with Crippen molar-refractivity contribution < 1.29 is 4.79 Å². The molecule has 0 aliphatic rings. The summed E-state index contributed by atoms with van der Waals surface area (Å²) in [6.45, 7) is 0. The molecule has 9 heavy (non-hydrogen) atoms. The van der Waals surface area contributed by atoms with E-state index in [9.17, 15) is 9.59 Å². The Hall–Kier alpha value is -1.59. The van der Waals surface area contributed by atoms with E-state index < -0.39 is 11.7 Å². The number of nitrogens with one attached hydrogen (secondary N) is 1. The van der Waals surface area contributed by atoms with E-state index in [4.69, 9.17) is 5.73 Å². The third kappa shape index (κ3) is 0.958. The number of aromatic nitrogens is 3. The van der Waals surface area contributed by atoms with E-state index in [1.807, 2.05) is 0 Å². The Morgan fingerprint density at radius 2 is 2.56 bits per heavy atom. The van der Waals surface area contributed by atoms with Crippen LogP contribution in [0.4, 0.5) is 4.79 Å². The van der Waals surface area contributed by atoms with Crippen molar-refractivity contribution in [1.82, 2.24) is 14.8 Å². The molecule has 1 aromatic heterocycles. The van der Waals surface area contributed by atoms with Crippen LogP contribution < -0.4 is 11.4 Å². The first-order valence-electron chi connectivity index (χ1n) is 2.13. The molecule has 1 rings (SSSR count). The lowest BCUT2D eigenvalue weighted by atomic mass is 11.0. The molecule has 3 N–H and O–H groups in total. The molecule has 0 bridgehead atoms. The molecule has 0 aliphatic heterocycles. The van der Waals surface area contributed by atoms with E-state index in [0.717, 1.165) is 11.0 Å². The number of amides is 1. The predicted octanol–water partition coefficient (Wildman–Crippen LogP) is -1.50. The lowest BCUT2D eigenvalue weighted by Gasteiger charge is -1.87. The number of hydrogen-bond acceptors (Lipinski definition) is 3. The number of carbonyl (C=O) groups excluding carboxylic acids is 1. The number of aromatic amines is 1. The minimum Gasteiger partial charge on any atom is -0.350 e. The summed E-state index contributed by atoms with van der Waals surface area (Å²) in [6, 6.07) is -0.760. The van der Waals surface area contributed by atoms with Crippen LogP contribution in [-0.2, 0) is 0 Å². The van der Waals surface area contributed by atoms with Gasteiger partial charge in [0.1, 0.15) is 6.33 Å². The molecule has 0 saturated heterocycles. The topological polar surface area (TPSA) is 93.8 Å². The Kier molecular flexibility index (Phi) is 1.07. The van der Waals surface area contributed by atoms with Crippen molar-refractivity contribution in [3.8, 4) is 0 Å². The quantitative estimate of drug-likeness (QED) is 0.445. The molecule has 0 fully saturated rings. The van der Waals surface area contributed by atoms with Gasteiger partial charge < -0.3 is 5.73 Å². The van der Waals surface area contributed by atoms with Crippen LogP contribution in [0, 0.1) is 0 Å². The Labute approximate surface area is 49.3 Å². The van der Waals surface area contributed by atoms with Gasteiger partial charge in [0.05, 0.1) is 0 Å². The minimum atomic E-state index is -0.760. The van der Waals surface area contributed by atoms with Gasteiger partial charge in [0.25, 0.3) is 0 Å². The highest BCUT2D eigenvalue weighted by atomic mass is 16.2. The van der Waals surface area contributed by atoms with Crippen LogP contribution in [0.2, 0.25) is 0 Å². The fourth-order valence-corrected chi connectivity index (χ4v) is 0.383. The summed E-state index contributed by atoms with van der Waals surface area (Å²) < 4.78 is 0.794. The molecular weight excluding hydrogens is 124 g/mol. The zero-order valence-corrected chi connectivity index (χ0v) is 4.37. The van der Waals surface area contributed by atoms with Gasteiger partial charge in [-0.2, -0.15) is 9.67 Å². The number of rotatable bonds is 0. The smallest absolute Gasteiger partial charge is 0.350 e. The summed E-state index contributed by atoms with van der Waals surface area (Å²) >= 11 is 0. The van der Waals surface area contributed by atoms with Gasteiger partial charge in [0, 0.05) is 0 Å². The zero-order chi connectivity index (χ0) is 6.85. The zero-order valence-electron chi connectivity index (χ0n) is 4.37. The third-order valence-electron chi connectivity index (χ3n) is 0.744. The fourth-order valence-electron chi connectivity index (χ4n) is 0.383. The lowest BCUT2D eigenvalue weighted by molar-refractivity contribution is 0.247. The van der Waals surface area contributed by atoms with Crippen molar-refractivity contribution >= 4 is 6.03 Å². The second-order valence-corrected chi connectivity index (χ2v) is 1.37. The maximum Gasteiger partial charge on any atom is 0.361 e. The molecule has 0 saturated carbocycles. The van der Waals surface area contributed by atoms with E-state index in [2.05, 4.69) is 10.1 Å². The third-order valence-corrected chi connectivity index (χ3v) is 0.744. The molecule has 0 spiro atoms. The van der Waals surface area contributed by atoms with E-state index in [0.29, 0.717) is 0 Å². The maximum atomic E-state index is 10.2. The van der Waals surface area contributed by atoms with Gasteiger partial charge in [-0.25, -0.2) is 14.7 Å². The van der Waals surface area contributed by atoms with E-state index in [1.165, 1.54) is 0 Å². The monoisotopic (exact) mass is 128 g/mol. The molecule has 0 radical (unpaired) electrons. The molecule has 0 aliphatic carbocycles. The molecule has 6 heteroatoms. The molecule has 1 amide bonds. The van der Waals surface area contributed by atoms with Gasteiger partial charge in [-0.3, -0.25) is 0 Å². The van der Waals surface area contributed by atoms with Crippen LogP contribution in [0.3, 0.4) is 0 Å². The Bertz CT molecular complexity index is 271. The number of nitrogens with zero attached hydrogens (tertiary/aromatic N) is 2. The van der Waals surface area contributed by atoms with Crippen LogP contribution in [0.25, 0.3) is 0 Å². The molecule has 0 aromatic carbocycles. The van der Waals surface area contributed by atoms with Crippen molar-refractivity contribution in [3.05, 3.63) is 16.8 Å². The van der Waals surface area contributed by atoms with Crippen molar-refractivity contribution in [2.75, 3.05) is 0 Å². The normalized spacial score (nSPS) is 9.33. The summed E-state index contributed by atoms with van der Waals surface area (Å²) in [7, 11) is 0. The van der Waals surface area contributed by atoms with Gasteiger partial charge in [0.2, 0.25) is 0 Å². The second kappa shape index (κ2) is 1.73. The average molecular weight is 128 g/mol. The molecular formula is C3H4N4O2. The summed E-state index contributed by atoms with van der Waals surface area (Å²) in [5.41, 5.74) is 4.15. The molecule has 0 unspecified atom stereocenters. The van der Waals surface area contributed by atoms with Gasteiger partial charge in [-0.05, 0) is 0 Å². The standard InChI is InChI=1S/C3H4N4O2/c4-2(8)7-1-5-3(9)6-7/h1H,(H2,4,8)(H,6,9). The maximum absolute atomic E-state index is 10.2. The summed E-state index contributed by atoms with van der Waals surface area (Å²) in [5.74, 6) is 0. The number of nitrogens with two attached hydrogens (primary N) is 1. The molecule has 1 aromatic rings. The second-order valence-electron chi connectivity index (χ2n) is 1.37. The van der Waals surface area contributed by atoms with Crippen molar-refractivity contribution in [1.29, 1.82) is 0 Å². The Morgan fingerprint density at radius 3 is 2.78 bits per heavy atom. The minimum absolute atomic E-state index is 0.589. The van der Waals surface area contributed by atoms with E-state index in [-0.39, 0.29) is 0 Å². The average Bonchev–Trinajstić information content (AvgIpc) is 2.14. The molecule has 6 nitrogen and oxygen atoms in total. The number of H-pyrrole nitrogens is 1. The Morgan fingerprint density at radius 1 is 1.89 bits per heavy atom. The van der Waals surface area contributed by atoms with E-state index >= 15 is 0 Å². The summed E-state index contributed by atoms with van der Waals surface area (Å²) in [5, 5.41) is 2.05. The van der Waals surface area contributed by atoms with Gasteiger partial charge in [-0.15, -0.1) is 0 Å². The molecule has 48 valence electrons. The highest BCUT2D eigenvalue weighted by molar-refractivity contribution is 5.72. The van der Waals surface area contributed by atoms with Crippen LogP contribution in [0.5, 0.6) is 0 Å². The SMILES string of the molecule is NC(=O)n1cnc(=O)[nH]1. The van der Waals surface area contributed by atoms with Crippen molar-refractivity contribution in [2.45, 2.75) is 0 Å². The van der Waals surface area contributed by atoms with Gasteiger partial charge >= 0.3 is 11.7 Å².